The zero-order valence-electron chi connectivity index (χ0n) is 21.9. The number of benzene rings is 2. The molecule has 4 aromatic rings. The van der Waals surface area contributed by atoms with Crippen molar-refractivity contribution in [1.82, 2.24) is 24.8 Å². The summed E-state index contributed by atoms with van der Waals surface area (Å²) < 4.78 is 29.1. The van der Waals surface area contributed by atoms with Crippen molar-refractivity contribution in [3.63, 3.8) is 0 Å². The molecule has 2 N–H and O–H groups in total. The summed E-state index contributed by atoms with van der Waals surface area (Å²) in [6, 6.07) is 13.4. The van der Waals surface area contributed by atoms with Gasteiger partial charge < -0.3 is 20.1 Å². The van der Waals surface area contributed by atoms with Crippen molar-refractivity contribution in [2.45, 2.75) is 31.3 Å². The molecule has 1 aliphatic heterocycles. The molecule has 0 spiro atoms. The Labute approximate surface area is 227 Å². The Morgan fingerprint density at radius 2 is 1.56 bits per heavy atom. The van der Waals surface area contributed by atoms with Crippen molar-refractivity contribution in [2.24, 2.45) is 0 Å². The van der Waals surface area contributed by atoms with Gasteiger partial charge in [0.15, 0.2) is 17.0 Å². The fraction of sp³-hybridized carbons (Fsp3) is 0.300. The summed E-state index contributed by atoms with van der Waals surface area (Å²) in [6.07, 6.45) is 7.22. The maximum atomic E-state index is 13.6. The molecule has 1 saturated heterocycles. The summed E-state index contributed by atoms with van der Waals surface area (Å²) in [5, 5.41) is 6.93. The number of hydrogen-bond donors (Lipinski definition) is 2. The third-order valence-electron chi connectivity index (χ3n) is 7.13. The fourth-order valence-electron chi connectivity index (χ4n) is 5.06. The lowest BCUT2D eigenvalue weighted by Crippen LogP contribution is -2.44. The van der Waals surface area contributed by atoms with E-state index in [1.807, 2.05) is 10.6 Å². The van der Waals surface area contributed by atoms with E-state index in [0.29, 0.717) is 31.6 Å². The number of allylic oxidation sites excluding steroid dienone is 1. The van der Waals surface area contributed by atoms with E-state index < -0.39 is 0 Å². The van der Waals surface area contributed by atoms with Crippen LogP contribution in [-0.2, 0) is 6.54 Å². The van der Waals surface area contributed by atoms with Crippen molar-refractivity contribution >= 4 is 22.9 Å². The van der Waals surface area contributed by atoms with Gasteiger partial charge in [-0.15, -0.1) is 13.2 Å². The molecular weight excluding hydrogens is 496 g/mol. The van der Waals surface area contributed by atoms with Crippen LogP contribution in [0.5, 0.6) is 0 Å². The SMILES string of the molecule is C=CCNc1nc(N2CCC(NCC(c3ccc(F)cc3)c3ccc(F)cc3)CC2)c2ncn(CC=C)c2n1. The summed E-state index contributed by atoms with van der Waals surface area (Å²) in [5.74, 6) is 0.812. The lowest BCUT2D eigenvalue weighted by Gasteiger charge is -2.34. The van der Waals surface area contributed by atoms with Crippen LogP contribution in [0.25, 0.3) is 11.2 Å². The maximum Gasteiger partial charge on any atom is 0.227 e. The van der Waals surface area contributed by atoms with Crippen LogP contribution in [0.3, 0.4) is 0 Å². The second-order valence-electron chi connectivity index (χ2n) is 9.72. The number of hydrogen-bond acceptors (Lipinski definition) is 6. The first-order valence-corrected chi connectivity index (χ1v) is 13.2. The minimum atomic E-state index is -0.270. The van der Waals surface area contributed by atoms with Gasteiger partial charge in [-0.05, 0) is 48.2 Å². The Balaban J connectivity index is 1.29. The molecule has 202 valence electrons. The molecule has 5 rings (SSSR count). The van der Waals surface area contributed by atoms with Crippen molar-refractivity contribution in [2.75, 3.05) is 36.4 Å². The smallest absolute Gasteiger partial charge is 0.227 e. The van der Waals surface area contributed by atoms with E-state index in [4.69, 9.17) is 4.98 Å². The van der Waals surface area contributed by atoms with Crippen LogP contribution in [0.1, 0.15) is 29.9 Å². The molecule has 9 heteroatoms. The van der Waals surface area contributed by atoms with Gasteiger partial charge in [0.1, 0.15) is 11.6 Å². The standard InChI is InChI=1S/C30H33F2N7/c1-3-15-33-30-36-28(27-29(37-30)39(16-4-2)20-35-27)38-17-13-25(14-18-38)34-19-26(21-5-9-23(31)10-6-21)22-7-11-24(32)12-8-22/h3-12,20,25-26,34H,1-2,13-19H2,(H,33,36,37). The molecule has 0 bridgehead atoms. The highest BCUT2D eigenvalue weighted by atomic mass is 19.1. The van der Waals surface area contributed by atoms with Crippen molar-refractivity contribution in [1.29, 1.82) is 0 Å². The molecule has 0 saturated carbocycles. The number of anilines is 2. The molecule has 0 radical (unpaired) electrons. The van der Waals surface area contributed by atoms with Gasteiger partial charge in [-0.3, -0.25) is 0 Å². The van der Waals surface area contributed by atoms with Crippen molar-refractivity contribution in [3.8, 4) is 0 Å². The molecule has 39 heavy (non-hydrogen) atoms. The molecule has 0 aliphatic carbocycles. The predicted octanol–water partition coefficient (Wildman–Crippen LogP) is 5.28. The summed E-state index contributed by atoms with van der Waals surface area (Å²) in [5.41, 5.74) is 3.53. The number of piperidine rings is 1. The highest BCUT2D eigenvalue weighted by Gasteiger charge is 2.25. The summed E-state index contributed by atoms with van der Waals surface area (Å²) in [4.78, 5) is 16.4. The molecule has 0 unspecified atom stereocenters. The maximum absolute atomic E-state index is 13.6. The average molecular weight is 530 g/mol. The largest absolute Gasteiger partial charge is 0.354 e. The van der Waals surface area contributed by atoms with E-state index >= 15 is 0 Å². The second kappa shape index (κ2) is 12.2. The first-order valence-electron chi connectivity index (χ1n) is 13.2. The molecular formula is C30H33F2N7. The Morgan fingerprint density at radius 3 is 2.15 bits per heavy atom. The minimum absolute atomic E-state index is 0.0157. The topological polar surface area (TPSA) is 70.9 Å². The molecule has 2 aromatic heterocycles. The molecule has 0 amide bonds. The van der Waals surface area contributed by atoms with Gasteiger partial charge in [-0.25, -0.2) is 13.8 Å². The van der Waals surface area contributed by atoms with E-state index in [2.05, 4.69) is 38.7 Å². The number of nitrogens with zero attached hydrogens (tertiary/aromatic N) is 5. The molecule has 1 aliphatic rings. The first kappa shape index (κ1) is 26.5. The Bertz CT molecular complexity index is 1360. The molecule has 2 aromatic carbocycles. The van der Waals surface area contributed by atoms with Crippen LogP contribution in [0.15, 0.2) is 80.2 Å². The molecule has 0 atom stereocenters. The highest BCUT2D eigenvalue weighted by molar-refractivity contribution is 5.85. The van der Waals surface area contributed by atoms with Crippen LogP contribution in [0, 0.1) is 11.6 Å². The third kappa shape index (κ3) is 6.15. The van der Waals surface area contributed by atoms with E-state index in [1.165, 1.54) is 24.3 Å². The number of fused-ring (bicyclic) bond motifs is 1. The summed E-state index contributed by atoms with van der Waals surface area (Å²) in [7, 11) is 0. The van der Waals surface area contributed by atoms with Gasteiger partial charge >= 0.3 is 0 Å². The highest BCUT2D eigenvalue weighted by Crippen LogP contribution is 2.28. The van der Waals surface area contributed by atoms with Gasteiger partial charge in [0.25, 0.3) is 0 Å². The summed E-state index contributed by atoms with van der Waals surface area (Å²) >= 11 is 0. The van der Waals surface area contributed by atoms with Gasteiger partial charge in [0.2, 0.25) is 5.95 Å². The number of aromatic nitrogens is 4. The first-order chi connectivity index (χ1) is 19.1. The Hall–Kier alpha value is -4.11. The lowest BCUT2D eigenvalue weighted by molar-refractivity contribution is 0.409. The lowest BCUT2D eigenvalue weighted by atomic mass is 9.90. The van der Waals surface area contributed by atoms with Crippen LogP contribution >= 0.6 is 0 Å². The monoisotopic (exact) mass is 529 g/mol. The minimum Gasteiger partial charge on any atom is -0.354 e. The number of rotatable bonds is 11. The fourth-order valence-corrected chi connectivity index (χ4v) is 5.06. The van der Waals surface area contributed by atoms with Crippen LogP contribution in [0.2, 0.25) is 0 Å². The normalized spacial score (nSPS) is 14.2. The number of imidazole rings is 1. The van der Waals surface area contributed by atoms with E-state index in [0.717, 1.165) is 54.0 Å². The zero-order valence-corrected chi connectivity index (χ0v) is 21.9. The zero-order chi connectivity index (χ0) is 27.2. The van der Waals surface area contributed by atoms with Crippen LogP contribution in [0.4, 0.5) is 20.5 Å². The van der Waals surface area contributed by atoms with Gasteiger partial charge in [0, 0.05) is 44.7 Å². The average Bonchev–Trinajstić information content (AvgIpc) is 3.36. The van der Waals surface area contributed by atoms with Crippen LogP contribution in [-0.4, -0.2) is 51.7 Å². The van der Waals surface area contributed by atoms with E-state index in [1.54, 1.807) is 36.7 Å². The molecule has 7 nitrogen and oxygen atoms in total. The van der Waals surface area contributed by atoms with Gasteiger partial charge in [0.05, 0.1) is 6.33 Å². The van der Waals surface area contributed by atoms with Crippen molar-refractivity contribution < 1.29 is 8.78 Å². The van der Waals surface area contributed by atoms with Crippen LogP contribution < -0.4 is 15.5 Å². The predicted molar refractivity (Wildman–Crippen MR) is 152 cm³/mol. The quantitative estimate of drug-likeness (QED) is 0.258. The molecule has 1 fully saturated rings. The van der Waals surface area contributed by atoms with E-state index in [9.17, 15) is 8.78 Å². The third-order valence-corrected chi connectivity index (χ3v) is 7.13. The second-order valence-corrected chi connectivity index (χ2v) is 9.72. The van der Waals surface area contributed by atoms with Crippen molar-refractivity contribution in [3.05, 3.63) is 103 Å². The number of nitrogens with one attached hydrogen (secondary N) is 2. The van der Waals surface area contributed by atoms with Gasteiger partial charge in [-0.2, -0.15) is 9.97 Å². The summed E-state index contributed by atoms with van der Waals surface area (Å²) in [6.45, 7) is 11.1. The van der Waals surface area contributed by atoms with Gasteiger partial charge in [-0.1, -0.05) is 36.4 Å². The van der Waals surface area contributed by atoms with E-state index in [-0.39, 0.29) is 17.6 Å². The Morgan fingerprint density at radius 1 is 0.923 bits per heavy atom. The molecule has 3 heterocycles. The number of halogens is 2. The Kier molecular flexibility index (Phi) is 8.27.